The molecule has 0 radical (unpaired) electrons. The van der Waals surface area contributed by atoms with Crippen molar-refractivity contribution in [1.82, 2.24) is 0 Å². The molecular formula is C17H27BrO2. The van der Waals surface area contributed by atoms with Crippen LogP contribution in [0, 0.1) is 5.92 Å². The highest BCUT2D eigenvalue weighted by molar-refractivity contribution is 9.10. The number of benzene rings is 1. The van der Waals surface area contributed by atoms with Gasteiger partial charge in [-0.25, -0.2) is 0 Å². The van der Waals surface area contributed by atoms with Crippen LogP contribution in [-0.4, -0.2) is 23.4 Å². The lowest BCUT2D eigenvalue weighted by Gasteiger charge is -2.34. The monoisotopic (exact) mass is 342 g/mol. The van der Waals surface area contributed by atoms with Crippen molar-refractivity contribution in [3.05, 3.63) is 34.3 Å². The minimum absolute atomic E-state index is 0.00619. The highest BCUT2D eigenvalue weighted by Gasteiger charge is 2.33. The minimum Gasteiger partial charge on any atom is -0.395 e. The Hall–Kier alpha value is -0.380. The molecule has 0 aliphatic rings. The van der Waals surface area contributed by atoms with Crippen LogP contribution in [0.2, 0.25) is 0 Å². The first kappa shape index (κ1) is 17.7. The van der Waals surface area contributed by atoms with Crippen LogP contribution in [0.15, 0.2) is 28.7 Å². The highest BCUT2D eigenvalue weighted by atomic mass is 79.9. The highest BCUT2D eigenvalue weighted by Crippen LogP contribution is 2.34. The molecule has 0 bridgehead atoms. The predicted octanol–water partition coefficient (Wildman–Crippen LogP) is 4.28. The fourth-order valence-corrected chi connectivity index (χ4v) is 3.04. The van der Waals surface area contributed by atoms with Crippen molar-refractivity contribution in [2.75, 3.05) is 13.2 Å². The van der Waals surface area contributed by atoms with Crippen molar-refractivity contribution in [2.24, 2.45) is 5.92 Å². The first-order valence-electron chi connectivity index (χ1n) is 7.59. The molecule has 0 amide bonds. The van der Waals surface area contributed by atoms with Gasteiger partial charge in [-0.1, -0.05) is 67.6 Å². The number of rotatable bonds is 9. The number of halogens is 1. The Balaban J connectivity index is 2.92. The zero-order chi connectivity index (χ0) is 15.0. The predicted molar refractivity (Wildman–Crippen MR) is 87.9 cm³/mol. The normalized spacial score (nSPS) is 13.4. The lowest BCUT2D eigenvalue weighted by Crippen LogP contribution is -2.37. The fraction of sp³-hybridized carbons (Fsp3) is 0.647. The molecule has 1 aromatic rings. The number of unbranched alkanes of at least 4 members (excludes halogenated alkanes) is 1. The van der Waals surface area contributed by atoms with Crippen molar-refractivity contribution in [3.63, 3.8) is 0 Å². The molecular weight excluding hydrogens is 316 g/mol. The molecule has 1 aromatic carbocycles. The molecule has 0 heterocycles. The Morgan fingerprint density at radius 3 is 2.15 bits per heavy atom. The Morgan fingerprint density at radius 1 is 1.10 bits per heavy atom. The van der Waals surface area contributed by atoms with E-state index in [1.54, 1.807) is 0 Å². The molecule has 1 unspecified atom stereocenters. The molecule has 2 nitrogen and oxygen atoms in total. The van der Waals surface area contributed by atoms with E-state index in [0.29, 0.717) is 5.92 Å². The lowest BCUT2D eigenvalue weighted by atomic mass is 9.73. The molecule has 0 saturated carbocycles. The maximum absolute atomic E-state index is 9.90. The van der Waals surface area contributed by atoms with Crippen molar-refractivity contribution >= 4 is 15.9 Å². The Bertz CT molecular complexity index is 371. The molecule has 1 atom stereocenters. The van der Waals surface area contributed by atoms with Crippen molar-refractivity contribution in [2.45, 2.75) is 51.4 Å². The van der Waals surface area contributed by atoms with Gasteiger partial charge in [0.05, 0.1) is 13.2 Å². The van der Waals surface area contributed by atoms with E-state index in [9.17, 15) is 10.2 Å². The average molecular weight is 343 g/mol. The van der Waals surface area contributed by atoms with E-state index >= 15 is 0 Å². The van der Waals surface area contributed by atoms with Crippen molar-refractivity contribution in [3.8, 4) is 0 Å². The quantitative estimate of drug-likeness (QED) is 0.703. The number of aliphatic hydroxyl groups excluding tert-OH is 2. The molecule has 3 heteroatoms. The van der Waals surface area contributed by atoms with Gasteiger partial charge in [-0.15, -0.1) is 0 Å². The summed E-state index contributed by atoms with van der Waals surface area (Å²) in [7, 11) is 0. The standard InChI is InChI=1S/C17H27BrO2/c1-3-5-6-14(4-2)11-17(12-19,13-20)15-7-9-16(18)10-8-15/h7-10,14,19-20H,3-6,11-13H2,1-2H3. The second-order valence-electron chi connectivity index (χ2n) is 5.72. The van der Waals surface area contributed by atoms with Crippen LogP contribution in [0.1, 0.15) is 51.5 Å². The molecule has 114 valence electrons. The van der Waals surface area contributed by atoms with Crippen LogP contribution in [0.3, 0.4) is 0 Å². The third-order valence-electron chi connectivity index (χ3n) is 4.28. The molecule has 0 aliphatic heterocycles. The maximum Gasteiger partial charge on any atom is 0.0550 e. The van der Waals surface area contributed by atoms with E-state index in [-0.39, 0.29) is 13.2 Å². The third-order valence-corrected chi connectivity index (χ3v) is 4.81. The summed E-state index contributed by atoms with van der Waals surface area (Å²) in [5.74, 6) is 0.554. The molecule has 2 N–H and O–H groups in total. The Kier molecular flexibility index (Phi) is 7.78. The summed E-state index contributed by atoms with van der Waals surface area (Å²) in [4.78, 5) is 0. The molecule has 0 aliphatic carbocycles. The second kappa shape index (κ2) is 8.81. The first-order chi connectivity index (χ1) is 9.61. The topological polar surface area (TPSA) is 40.5 Å². The van der Waals surface area contributed by atoms with E-state index < -0.39 is 5.41 Å². The second-order valence-corrected chi connectivity index (χ2v) is 6.64. The number of hydrogen-bond donors (Lipinski definition) is 2. The van der Waals surface area contributed by atoms with E-state index in [4.69, 9.17) is 0 Å². The van der Waals surface area contributed by atoms with Gasteiger partial charge in [0, 0.05) is 9.89 Å². The summed E-state index contributed by atoms with van der Waals surface area (Å²) in [6, 6.07) is 7.96. The number of aliphatic hydroxyl groups is 2. The summed E-state index contributed by atoms with van der Waals surface area (Å²) in [5, 5.41) is 19.8. The van der Waals surface area contributed by atoms with E-state index in [1.165, 1.54) is 19.3 Å². The lowest BCUT2D eigenvalue weighted by molar-refractivity contribution is 0.0922. The van der Waals surface area contributed by atoms with Gasteiger partial charge >= 0.3 is 0 Å². The SMILES string of the molecule is CCCCC(CC)CC(CO)(CO)c1ccc(Br)cc1. The van der Waals surface area contributed by atoms with Crippen LogP contribution in [0.4, 0.5) is 0 Å². The smallest absolute Gasteiger partial charge is 0.0550 e. The molecule has 0 aromatic heterocycles. The first-order valence-corrected chi connectivity index (χ1v) is 8.39. The summed E-state index contributed by atoms with van der Waals surface area (Å²) >= 11 is 3.43. The van der Waals surface area contributed by atoms with Gasteiger partial charge in [0.15, 0.2) is 0 Å². The van der Waals surface area contributed by atoms with Gasteiger partial charge in [0.2, 0.25) is 0 Å². The summed E-state index contributed by atoms with van der Waals surface area (Å²) in [6.07, 6.45) is 5.52. The Morgan fingerprint density at radius 2 is 1.70 bits per heavy atom. The van der Waals surface area contributed by atoms with Gasteiger partial charge < -0.3 is 10.2 Å². The average Bonchev–Trinajstić information content (AvgIpc) is 2.49. The maximum atomic E-state index is 9.90. The van der Waals surface area contributed by atoms with E-state index in [1.807, 2.05) is 24.3 Å². The van der Waals surface area contributed by atoms with Gasteiger partial charge in [0.1, 0.15) is 0 Å². The summed E-state index contributed by atoms with van der Waals surface area (Å²) in [6.45, 7) is 4.38. The van der Waals surface area contributed by atoms with Gasteiger partial charge in [-0.2, -0.15) is 0 Å². The minimum atomic E-state index is -0.519. The summed E-state index contributed by atoms with van der Waals surface area (Å²) in [5.41, 5.74) is 0.510. The van der Waals surface area contributed by atoms with E-state index in [0.717, 1.165) is 22.9 Å². The van der Waals surface area contributed by atoms with Crippen LogP contribution in [0.25, 0.3) is 0 Å². The fourth-order valence-electron chi connectivity index (χ4n) is 2.78. The third kappa shape index (κ3) is 4.57. The molecule has 0 saturated heterocycles. The van der Waals surface area contributed by atoms with Gasteiger partial charge in [-0.3, -0.25) is 0 Å². The van der Waals surface area contributed by atoms with Crippen LogP contribution in [-0.2, 0) is 5.41 Å². The van der Waals surface area contributed by atoms with E-state index in [2.05, 4.69) is 29.8 Å². The Labute approximate surface area is 131 Å². The zero-order valence-electron chi connectivity index (χ0n) is 12.6. The molecule has 1 rings (SSSR count). The molecule has 0 fully saturated rings. The summed E-state index contributed by atoms with van der Waals surface area (Å²) < 4.78 is 1.02. The van der Waals surface area contributed by atoms with Gasteiger partial charge in [-0.05, 0) is 30.0 Å². The number of hydrogen-bond acceptors (Lipinski definition) is 2. The molecule has 20 heavy (non-hydrogen) atoms. The van der Waals surface area contributed by atoms with Crippen LogP contribution in [0.5, 0.6) is 0 Å². The van der Waals surface area contributed by atoms with Crippen molar-refractivity contribution in [1.29, 1.82) is 0 Å². The van der Waals surface area contributed by atoms with Crippen molar-refractivity contribution < 1.29 is 10.2 Å². The molecule has 0 spiro atoms. The van der Waals surface area contributed by atoms with Gasteiger partial charge in [0.25, 0.3) is 0 Å². The van der Waals surface area contributed by atoms with Crippen LogP contribution >= 0.6 is 15.9 Å². The zero-order valence-corrected chi connectivity index (χ0v) is 14.2. The van der Waals surface area contributed by atoms with Crippen LogP contribution < -0.4 is 0 Å². The largest absolute Gasteiger partial charge is 0.395 e.